The lowest BCUT2D eigenvalue weighted by molar-refractivity contribution is -0.140. The zero-order valence-electron chi connectivity index (χ0n) is 30.2. The third-order valence-electron chi connectivity index (χ3n) is 8.97. The molecule has 11 heteroatoms. The number of carbonyl (C=O) groups excluding carboxylic acids is 4. The van der Waals surface area contributed by atoms with Crippen LogP contribution in [0.1, 0.15) is 88.3 Å². The Kier molecular flexibility index (Phi) is 15.5. The maximum absolute atomic E-state index is 13.9. The average Bonchev–Trinajstić information content (AvgIpc) is 3.56. The monoisotopic (exact) mass is 691 g/mol. The number of rotatable bonds is 14. The molecule has 3 amide bonds. The first-order valence-corrected chi connectivity index (χ1v) is 18.2. The molecule has 3 rings (SSSR count). The van der Waals surface area contributed by atoms with Gasteiger partial charge in [-0.3, -0.25) is 19.3 Å². The second-order valence-corrected chi connectivity index (χ2v) is 14.0. The van der Waals surface area contributed by atoms with Crippen molar-refractivity contribution in [2.45, 2.75) is 97.8 Å². The average molecular weight is 692 g/mol. The van der Waals surface area contributed by atoms with Gasteiger partial charge in [0.2, 0.25) is 11.8 Å². The lowest BCUT2D eigenvalue weighted by atomic mass is 9.94. The van der Waals surface area contributed by atoms with Crippen LogP contribution in [-0.4, -0.2) is 89.9 Å². The Labute approximate surface area is 296 Å². The number of likely N-dealkylation sites (tertiary alicyclic amines) is 1. The van der Waals surface area contributed by atoms with Gasteiger partial charge in [0.15, 0.2) is 5.01 Å². The Hall–Kier alpha value is -4.01. The van der Waals surface area contributed by atoms with Gasteiger partial charge in [-0.2, -0.15) is 0 Å². The molecule has 0 spiro atoms. The first-order chi connectivity index (χ1) is 23.4. The molecule has 1 aliphatic heterocycles. The largest absolute Gasteiger partial charge is 0.463 e. The maximum atomic E-state index is 13.9. The molecule has 1 fully saturated rings. The van der Waals surface area contributed by atoms with E-state index < -0.39 is 24.1 Å². The Bertz CT molecular complexity index is 1510. The molecule has 1 saturated heterocycles. The van der Waals surface area contributed by atoms with Crippen LogP contribution in [0, 0.1) is 23.7 Å². The predicted molar refractivity (Wildman–Crippen MR) is 194 cm³/mol. The van der Waals surface area contributed by atoms with Gasteiger partial charge in [0.1, 0.15) is 11.7 Å². The number of carbonyl (C=O) groups is 4. The summed E-state index contributed by atoms with van der Waals surface area (Å²) in [6.07, 6.45) is 5.77. The third-order valence-corrected chi connectivity index (χ3v) is 9.73. The number of benzene rings is 1. The molecule has 0 saturated carbocycles. The molecular weight excluding hydrogens is 639 g/mol. The van der Waals surface area contributed by atoms with E-state index in [2.05, 4.69) is 32.4 Å². The molecule has 266 valence electrons. The highest BCUT2D eigenvalue weighted by molar-refractivity contribution is 7.10. The van der Waals surface area contributed by atoms with E-state index in [4.69, 9.17) is 4.74 Å². The summed E-state index contributed by atoms with van der Waals surface area (Å²) < 4.78 is 5.13. The van der Waals surface area contributed by atoms with Gasteiger partial charge in [-0.15, -0.1) is 11.3 Å². The van der Waals surface area contributed by atoms with Crippen molar-refractivity contribution in [2.75, 3.05) is 27.2 Å². The van der Waals surface area contributed by atoms with Crippen molar-refractivity contribution >= 4 is 35.0 Å². The Morgan fingerprint density at radius 2 is 1.84 bits per heavy atom. The fourth-order valence-electron chi connectivity index (χ4n) is 5.85. The van der Waals surface area contributed by atoms with Gasteiger partial charge in [-0.25, -0.2) is 9.78 Å². The molecule has 0 bridgehead atoms. The number of nitrogens with one attached hydrogen (secondary N) is 2. The fourth-order valence-corrected chi connectivity index (χ4v) is 6.51. The number of esters is 1. The summed E-state index contributed by atoms with van der Waals surface area (Å²) in [5, 5.41) is 8.17. The predicted octanol–water partition coefficient (Wildman–Crippen LogP) is 4.84. The van der Waals surface area contributed by atoms with Crippen molar-refractivity contribution < 1.29 is 23.9 Å². The minimum Gasteiger partial charge on any atom is -0.463 e. The zero-order valence-corrected chi connectivity index (χ0v) is 31.1. The molecule has 0 unspecified atom stereocenters. The summed E-state index contributed by atoms with van der Waals surface area (Å²) in [5.41, 5.74) is 1.62. The maximum Gasteiger partial charge on any atom is 0.333 e. The molecule has 5 atom stereocenters. The van der Waals surface area contributed by atoms with E-state index >= 15 is 0 Å². The number of hydrogen-bond donors (Lipinski definition) is 2. The molecule has 1 aliphatic rings. The Morgan fingerprint density at radius 1 is 1.12 bits per heavy atom. The van der Waals surface area contributed by atoms with Gasteiger partial charge < -0.3 is 20.3 Å². The molecule has 2 heterocycles. The number of nitrogens with zero attached hydrogens (tertiary/aromatic N) is 3. The number of aromatic nitrogens is 1. The van der Waals surface area contributed by atoms with Crippen LogP contribution in [0.2, 0.25) is 0 Å². The normalized spacial score (nSPS) is 17.6. The van der Waals surface area contributed by atoms with Crippen LogP contribution in [0.15, 0.2) is 47.4 Å². The van der Waals surface area contributed by atoms with Crippen LogP contribution < -0.4 is 10.6 Å². The van der Waals surface area contributed by atoms with E-state index in [-0.39, 0.29) is 47.9 Å². The van der Waals surface area contributed by atoms with Crippen LogP contribution >= 0.6 is 11.3 Å². The molecule has 1 aromatic carbocycles. The van der Waals surface area contributed by atoms with Crippen LogP contribution in [-0.2, 0) is 25.5 Å². The van der Waals surface area contributed by atoms with Gasteiger partial charge in [0.05, 0.1) is 24.7 Å². The summed E-state index contributed by atoms with van der Waals surface area (Å²) in [6, 6.07) is 7.88. The SMILES string of the molecule is CCOC(=O)C(C)=C[C@H](Cc1ccccc1)NC(=O)c1csc(C#C[C@H](C(C)C)N(C)C(=O)[C@@H](NC(=O)[C@H]2CCCCN2C)[C@@H](C)CC)n1. The van der Waals surface area contributed by atoms with Crippen LogP contribution in [0.3, 0.4) is 0 Å². The molecule has 2 N–H and O–H groups in total. The van der Waals surface area contributed by atoms with Gasteiger partial charge in [0.25, 0.3) is 5.91 Å². The first kappa shape index (κ1) is 39.4. The van der Waals surface area contributed by atoms with Gasteiger partial charge in [-0.1, -0.05) is 82.9 Å². The molecule has 0 aliphatic carbocycles. The summed E-state index contributed by atoms with van der Waals surface area (Å²) in [7, 11) is 3.69. The van der Waals surface area contributed by atoms with Crippen molar-refractivity contribution in [3.63, 3.8) is 0 Å². The Balaban J connectivity index is 1.76. The molecular formula is C38H53N5O5S. The smallest absolute Gasteiger partial charge is 0.333 e. The van der Waals surface area contributed by atoms with E-state index in [1.807, 2.05) is 65.1 Å². The van der Waals surface area contributed by atoms with Crippen molar-refractivity contribution in [3.8, 4) is 11.8 Å². The minimum atomic E-state index is -0.665. The quantitative estimate of drug-likeness (QED) is 0.165. The van der Waals surface area contributed by atoms with Gasteiger partial charge in [0, 0.05) is 18.0 Å². The molecule has 10 nitrogen and oxygen atoms in total. The van der Waals surface area contributed by atoms with E-state index in [9.17, 15) is 19.2 Å². The number of piperidine rings is 1. The summed E-state index contributed by atoms with van der Waals surface area (Å²) in [6.45, 7) is 12.5. The number of amides is 3. The molecule has 49 heavy (non-hydrogen) atoms. The summed E-state index contributed by atoms with van der Waals surface area (Å²) >= 11 is 1.25. The number of likely N-dealkylation sites (N-methyl/N-ethyl adjacent to an activating group) is 2. The van der Waals surface area contributed by atoms with Gasteiger partial charge in [-0.05, 0) is 70.0 Å². The number of ether oxygens (including phenoxy) is 1. The van der Waals surface area contributed by atoms with E-state index in [1.165, 1.54) is 11.3 Å². The second-order valence-electron chi connectivity index (χ2n) is 13.1. The lowest BCUT2D eigenvalue weighted by Crippen LogP contribution is -2.57. The zero-order chi connectivity index (χ0) is 36.1. The summed E-state index contributed by atoms with van der Waals surface area (Å²) in [5.74, 6) is 5.14. The van der Waals surface area contributed by atoms with Crippen molar-refractivity contribution in [2.24, 2.45) is 11.8 Å². The van der Waals surface area contributed by atoms with Crippen LogP contribution in [0.25, 0.3) is 0 Å². The topological polar surface area (TPSA) is 121 Å². The second kappa shape index (κ2) is 19.2. The minimum absolute atomic E-state index is 0.00452. The summed E-state index contributed by atoms with van der Waals surface area (Å²) in [4.78, 5) is 61.0. The third kappa shape index (κ3) is 11.5. The van der Waals surface area contributed by atoms with E-state index in [1.54, 1.807) is 37.3 Å². The number of thiazole rings is 1. The fraction of sp³-hybridized carbons (Fsp3) is 0.553. The van der Waals surface area contributed by atoms with Crippen molar-refractivity contribution in [1.29, 1.82) is 0 Å². The van der Waals surface area contributed by atoms with E-state index in [0.29, 0.717) is 17.0 Å². The van der Waals surface area contributed by atoms with Gasteiger partial charge >= 0.3 is 5.97 Å². The highest BCUT2D eigenvalue weighted by Gasteiger charge is 2.35. The van der Waals surface area contributed by atoms with Crippen LogP contribution in [0.5, 0.6) is 0 Å². The number of hydrogen-bond acceptors (Lipinski definition) is 8. The van der Waals surface area contributed by atoms with Crippen molar-refractivity contribution in [3.05, 3.63) is 63.6 Å². The Morgan fingerprint density at radius 3 is 2.47 bits per heavy atom. The molecule has 1 aromatic heterocycles. The molecule has 0 radical (unpaired) electrons. The molecule has 2 aromatic rings. The van der Waals surface area contributed by atoms with E-state index in [0.717, 1.165) is 37.8 Å². The standard InChI is InChI=1S/C38H53N5O5S/c1-9-26(5)34(41-36(45)32-18-14-15-21-42(32)7)37(46)43(8)31(25(3)4)19-20-33-40-30(24-49-33)35(44)39-29(22-27(6)38(47)48-10-2)23-28-16-12-11-13-17-28/h11-13,16-17,22,24-26,29,31-32,34H,9-10,14-15,18,21,23H2,1-8H3,(H,39,44)(H,41,45)/t26-,29+,31+,32+,34-/m0/s1. The highest BCUT2D eigenvalue weighted by atomic mass is 32.1. The van der Waals surface area contributed by atoms with Crippen LogP contribution in [0.4, 0.5) is 0 Å². The highest BCUT2D eigenvalue weighted by Crippen LogP contribution is 2.19. The first-order valence-electron chi connectivity index (χ1n) is 17.3. The lowest BCUT2D eigenvalue weighted by Gasteiger charge is -2.36. The van der Waals surface area contributed by atoms with Crippen molar-refractivity contribution in [1.82, 2.24) is 25.4 Å².